The van der Waals surface area contributed by atoms with E-state index < -0.39 is 22.5 Å². The third kappa shape index (κ3) is 6.63. The lowest BCUT2D eigenvalue weighted by atomic mass is 10.1. The van der Waals surface area contributed by atoms with Crippen LogP contribution in [0.25, 0.3) is 0 Å². The van der Waals surface area contributed by atoms with Gasteiger partial charge in [0.05, 0.1) is 22.7 Å². The van der Waals surface area contributed by atoms with Crippen LogP contribution in [0.3, 0.4) is 0 Å². The van der Waals surface area contributed by atoms with E-state index in [1.165, 1.54) is 30.3 Å². The topological polar surface area (TPSA) is 75.7 Å². The van der Waals surface area contributed by atoms with Crippen molar-refractivity contribution < 1.29 is 17.9 Å². The molecule has 6 nitrogen and oxygen atoms in total. The smallest absolute Gasteiger partial charge is 0.264 e. The minimum atomic E-state index is -4.03. The van der Waals surface area contributed by atoms with Gasteiger partial charge in [0, 0.05) is 11.6 Å². The highest BCUT2D eigenvalue weighted by Crippen LogP contribution is 2.32. The number of ether oxygens (including phenoxy) is 1. The van der Waals surface area contributed by atoms with Gasteiger partial charge in [-0.1, -0.05) is 53.5 Å². The fourth-order valence-electron chi connectivity index (χ4n) is 3.24. The number of amides is 1. The number of hydrogen-bond donors (Lipinski definition) is 1. The van der Waals surface area contributed by atoms with Crippen LogP contribution in [0, 0.1) is 0 Å². The molecule has 9 heteroatoms. The Kier molecular flexibility index (Phi) is 8.61. The van der Waals surface area contributed by atoms with E-state index in [0.29, 0.717) is 18.0 Å². The molecular weight excluding hydrogens is 483 g/mol. The molecule has 0 aliphatic heterocycles. The molecule has 0 aliphatic carbocycles. The molecule has 0 atom stereocenters. The summed E-state index contributed by atoms with van der Waals surface area (Å²) in [6, 6.07) is 20.1. The second-order valence-electron chi connectivity index (χ2n) is 7.23. The van der Waals surface area contributed by atoms with E-state index in [-0.39, 0.29) is 15.6 Å². The van der Waals surface area contributed by atoms with Crippen molar-refractivity contribution >= 4 is 44.8 Å². The van der Waals surface area contributed by atoms with Crippen LogP contribution in [0.15, 0.2) is 77.7 Å². The van der Waals surface area contributed by atoms with Gasteiger partial charge in [-0.3, -0.25) is 9.10 Å². The Bertz CT molecular complexity index is 1200. The third-order valence-corrected chi connectivity index (χ3v) is 7.21. The van der Waals surface area contributed by atoms with Crippen molar-refractivity contribution in [2.75, 3.05) is 24.5 Å². The van der Waals surface area contributed by atoms with Gasteiger partial charge < -0.3 is 10.1 Å². The van der Waals surface area contributed by atoms with Crippen LogP contribution in [0.4, 0.5) is 5.69 Å². The van der Waals surface area contributed by atoms with Crippen LogP contribution < -0.4 is 14.4 Å². The van der Waals surface area contributed by atoms with Crippen molar-refractivity contribution in [1.82, 2.24) is 5.32 Å². The predicted octanol–water partition coefficient (Wildman–Crippen LogP) is 4.95. The average Bonchev–Trinajstić information content (AvgIpc) is 2.81. The Balaban J connectivity index is 1.71. The van der Waals surface area contributed by atoms with Crippen molar-refractivity contribution in [3.05, 3.63) is 88.4 Å². The minimum Gasteiger partial charge on any atom is -0.497 e. The molecule has 0 aromatic heterocycles. The van der Waals surface area contributed by atoms with E-state index in [4.69, 9.17) is 27.9 Å². The molecule has 0 bridgehead atoms. The van der Waals surface area contributed by atoms with Gasteiger partial charge >= 0.3 is 0 Å². The van der Waals surface area contributed by atoms with Crippen LogP contribution >= 0.6 is 23.2 Å². The zero-order valence-electron chi connectivity index (χ0n) is 18.0. The minimum absolute atomic E-state index is 0.0573. The number of hydrogen-bond acceptors (Lipinski definition) is 4. The number of sulfonamides is 1. The molecule has 0 unspecified atom stereocenters. The molecule has 33 heavy (non-hydrogen) atoms. The lowest BCUT2D eigenvalue weighted by molar-refractivity contribution is -0.119. The molecule has 0 fully saturated rings. The number of nitrogens with zero attached hydrogens (tertiary/aromatic N) is 1. The summed E-state index contributed by atoms with van der Waals surface area (Å²) >= 11 is 12.3. The summed E-state index contributed by atoms with van der Waals surface area (Å²) in [6.45, 7) is -0.0264. The zero-order valence-corrected chi connectivity index (χ0v) is 20.3. The van der Waals surface area contributed by atoms with Crippen molar-refractivity contribution in [3.63, 3.8) is 0 Å². The van der Waals surface area contributed by atoms with Crippen molar-refractivity contribution in [3.8, 4) is 5.75 Å². The first kappa shape index (κ1) is 24.9. The maximum absolute atomic E-state index is 13.3. The number of carbonyl (C=O) groups excluding carboxylic acids is 1. The number of benzene rings is 3. The molecule has 3 rings (SSSR count). The van der Waals surface area contributed by atoms with E-state index in [1.807, 2.05) is 24.3 Å². The van der Waals surface area contributed by atoms with Crippen LogP contribution in [0.5, 0.6) is 5.75 Å². The lowest BCUT2D eigenvalue weighted by Gasteiger charge is -2.25. The standard InChI is InChI=1S/C24H24Cl2N2O4S/c1-32-20-9-5-7-18(15-20)8-6-14-27-24(29)17-28(23-13-12-19(25)16-22(23)26)33(30,31)21-10-3-2-4-11-21/h2-5,7,9-13,15-16H,6,8,14,17H2,1H3,(H,27,29). The molecule has 3 aromatic rings. The van der Waals surface area contributed by atoms with Gasteiger partial charge in [0.1, 0.15) is 12.3 Å². The molecule has 0 saturated heterocycles. The highest BCUT2D eigenvalue weighted by atomic mass is 35.5. The third-order valence-electron chi connectivity index (χ3n) is 4.90. The second-order valence-corrected chi connectivity index (χ2v) is 9.93. The van der Waals surface area contributed by atoms with Gasteiger partial charge in [-0.25, -0.2) is 8.42 Å². The Morgan fingerprint density at radius 1 is 1.00 bits per heavy atom. The maximum atomic E-state index is 13.3. The molecule has 0 aliphatic rings. The molecule has 0 spiro atoms. The number of rotatable bonds is 10. The summed E-state index contributed by atoms with van der Waals surface area (Å²) in [5, 5.41) is 3.29. The summed E-state index contributed by atoms with van der Waals surface area (Å²) in [6.07, 6.45) is 1.43. The van der Waals surface area contributed by atoms with Gasteiger partial charge in [0.25, 0.3) is 10.0 Å². The van der Waals surface area contributed by atoms with E-state index in [9.17, 15) is 13.2 Å². The molecule has 174 valence electrons. The summed E-state index contributed by atoms with van der Waals surface area (Å²) in [5.41, 5.74) is 1.27. The van der Waals surface area contributed by atoms with Crippen LogP contribution in [-0.2, 0) is 21.2 Å². The molecule has 1 N–H and O–H groups in total. The van der Waals surface area contributed by atoms with Gasteiger partial charge in [-0.15, -0.1) is 0 Å². The SMILES string of the molecule is COc1cccc(CCCNC(=O)CN(c2ccc(Cl)cc2Cl)S(=O)(=O)c2ccccc2)c1. The Hall–Kier alpha value is -2.74. The summed E-state index contributed by atoms with van der Waals surface area (Å²) in [7, 11) is -2.42. The highest BCUT2D eigenvalue weighted by Gasteiger charge is 2.28. The Labute approximate surface area is 204 Å². The zero-order chi connectivity index (χ0) is 23.8. The molecule has 0 radical (unpaired) electrons. The number of halogens is 2. The predicted molar refractivity (Wildman–Crippen MR) is 132 cm³/mol. The van der Waals surface area contributed by atoms with Gasteiger partial charge in [-0.05, 0) is 60.9 Å². The number of nitrogens with one attached hydrogen (secondary N) is 1. The molecule has 0 saturated carbocycles. The molecular formula is C24H24Cl2N2O4S. The number of aryl methyl sites for hydroxylation is 1. The summed E-state index contributed by atoms with van der Waals surface area (Å²) in [4.78, 5) is 12.7. The first-order valence-electron chi connectivity index (χ1n) is 10.2. The van der Waals surface area contributed by atoms with E-state index in [0.717, 1.165) is 22.0 Å². The average molecular weight is 507 g/mol. The fourth-order valence-corrected chi connectivity index (χ4v) is 5.26. The van der Waals surface area contributed by atoms with Crippen molar-refractivity contribution in [2.24, 2.45) is 0 Å². The molecule has 3 aromatic carbocycles. The van der Waals surface area contributed by atoms with Crippen LogP contribution in [0.1, 0.15) is 12.0 Å². The highest BCUT2D eigenvalue weighted by molar-refractivity contribution is 7.92. The first-order valence-corrected chi connectivity index (χ1v) is 12.4. The number of anilines is 1. The van der Waals surface area contributed by atoms with Gasteiger partial charge in [-0.2, -0.15) is 0 Å². The van der Waals surface area contributed by atoms with Gasteiger partial charge in [0.2, 0.25) is 5.91 Å². The summed E-state index contributed by atoms with van der Waals surface area (Å²) in [5.74, 6) is 0.337. The summed E-state index contributed by atoms with van der Waals surface area (Å²) < 4.78 is 32.9. The van der Waals surface area contributed by atoms with Gasteiger partial charge in [0.15, 0.2) is 0 Å². The van der Waals surface area contributed by atoms with Crippen LogP contribution in [-0.4, -0.2) is 34.5 Å². The Morgan fingerprint density at radius 3 is 2.45 bits per heavy atom. The van der Waals surface area contributed by atoms with E-state index in [2.05, 4.69) is 5.32 Å². The van der Waals surface area contributed by atoms with E-state index >= 15 is 0 Å². The molecule has 1 amide bonds. The lowest BCUT2D eigenvalue weighted by Crippen LogP contribution is -2.41. The molecule has 0 heterocycles. The van der Waals surface area contributed by atoms with Crippen molar-refractivity contribution in [2.45, 2.75) is 17.7 Å². The second kappa shape index (κ2) is 11.4. The monoisotopic (exact) mass is 506 g/mol. The Morgan fingerprint density at radius 2 is 1.76 bits per heavy atom. The number of carbonyl (C=O) groups is 1. The normalized spacial score (nSPS) is 11.1. The first-order chi connectivity index (χ1) is 15.8. The largest absolute Gasteiger partial charge is 0.497 e. The van der Waals surface area contributed by atoms with Crippen LogP contribution in [0.2, 0.25) is 10.0 Å². The number of methoxy groups -OCH3 is 1. The van der Waals surface area contributed by atoms with E-state index in [1.54, 1.807) is 25.3 Å². The maximum Gasteiger partial charge on any atom is 0.264 e. The fraction of sp³-hybridized carbons (Fsp3) is 0.208. The quantitative estimate of drug-likeness (QED) is 0.394. The van der Waals surface area contributed by atoms with Crippen molar-refractivity contribution in [1.29, 1.82) is 0 Å².